The van der Waals surface area contributed by atoms with E-state index >= 15 is 0 Å². The predicted molar refractivity (Wildman–Crippen MR) is 231 cm³/mol. The molecule has 2 aliphatic rings. The van der Waals surface area contributed by atoms with Crippen LogP contribution in [0.25, 0.3) is 65.4 Å². The third-order valence-electron chi connectivity index (χ3n) is 10.8. The van der Waals surface area contributed by atoms with Crippen LogP contribution in [-0.2, 0) is 6.42 Å². The van der Waals surface area contributed by atoms with Crippen LogP contribution < -0.4 is 4.74 Å². The molecular formula is C52H40O2. The lowest BCUT2D eigenvalue weighted by molar-refractivity contribution is 0.451. The van der Waals surface area contributed by atoms with Crippen molar-refractivity contribution in [3.63, 3.8) is 0 Å². The number of allylic oxidation sites excluding steroid dienone is 16. The van der Waals surface area contributed by atoms with Gasteiger partial charge in [0.05, 0.1) is 0 Å². The Morgan fingerprint density at radius 3 is 2.07 bits per heavy atom. The maximum Gasteiger partial charge on any atom is 0.138 e. The van der Waals surface area contributed by atoms with Gasteiger partial charge in [0.1, 0.15) is 22.7 Å². The van der Waals surface area contributed by atoms with Gasteiger partial charge in [-0.1, -0.05) is 147 Å². The Labute approximate surface area is 316 Å². The van der Waals surface area contributed by atoms with Gasteiger partial charge in [0.2, 0.25) is 0 Å². The standard InChI is InChI=1S/C52H40O2/c1-33(34(2)25-29-40-30-39-28-27-38-31-49-47(32-46(38)52(39)53-40)41-16-12-13-21-48(41)54-49)22-23-35(3)50-42-17-8-10-19-44(42)51(45-20-11-9-18-43(45)50)36(4)24-26-37-14-6-5-7-15-37/h5-14,16-29,31-32H,1,3,15,30H2,2,4H3/b23-22-,34-25+,36-24+,37-26-,40-29+. The van der Waals surface area contributed by atoms with E-state index in [0.29, 0.717) is 0 Å². The van der Waals surface area contributed by atoms with E-state index in [4.69, 9.17) is 9.15 Å². The maximum absolute atomic E-state index is 6.51. The van der Waals surface area contributed by atoms with Crippen molar-refractivity contribution in [2.45, 2.75) is 26.7 Å². The summed E-state index contributed by atoms with van der Waals surface area (Å²) in [5, 5.41) is 9.27. The van der Waals surface area contributed by atoms with Crippen LogP contribution in [0.4, 0.5) is 0 Å². The topological polar surface area (TPSA) is 22.4 Å². The molecule has 1 aliphatic carbocycles. The van der Waals surface area contributed by atoms with Crippen LogP contribution in [0.1, 0.15) is 37.0 Å². The van der Waals surface area contributed by atoms with Crippen LogP contribution in [0.3, 0.4) is 0 Å². The molecule has 0 radical (unpaired) electrons. The summed E-state index contributed by atoms with van der Waals surface area (Å²) < 4.78 is 12.6. The molecule has 0 N–H and O–H groups in total. The molecule has 2 nitrogen and oxygen atoms in total. The summed E-state index contributed by atoms with van der Waals surface area (Å²) >= 11 is 0. The molecule has 0 atom stereocenters. The molecule has 54 heavy (non-hydrogen) atoms. The van der Waals surface area contributed by atoms with Crippen LogP contribution in [-0.4, -0.2) is 0 Å². The van der Waals surface area contributed by atoms with E-state index in [1.807, 2.05) is 12.1 Å². The first-order chi connectivity index (χ1) is 26.4. The van der Waals surface area contributed by atoms with Crippen molar-refractivity contribution in [1.82, 2.24) is 0 Å². The zero-order valence-electron chi connectivity index (χ0n) is 30.7. The number of rotatable bonds is 7. The molecule has 1 aromatic heterocycles. The van der Waals surface area contributed by atoms with Crippen LogP contribution in [0.2, 0.25) is 0 Å². The lowest BCUT2D eigenvalue weighted by atomic mass is 9.86. The number of fused-ring (bicyclic) bond motifs is 8. The normalized spacial score (nSPS) is 16.2. The summed E-state index contributed by atoms with van der Waals surface area (Å²) in [5.74, 6) is 1.85. The lowest BCUT2D eigenvalue weighted by Crippen LogP contribution is -1.94. The van der Waals surface area contributed by atoms with Crippen molar-refractivity contribution in [3.8, 4) is 5.75 Å². The Kier molecular flexibility index (Phi) is 8.44. The average molecular weight is 697 g/mol. The van der Waals surface area contributed by atoms with Crippen molar-refractivity contribution in [1.29, 1.82) is 0 Å². The van der Waals surface area contributed by atoms with Gasteiger partial charge in [-0.3, -0.25) is 0 Å². The van der Waals surface area contributed by atoms with Crippen molar-refractivity contribution in [3.05, 3.63) is 210 Å². The van der Waals surface area contributed by atoms with E-state index in [1.54, 1.807) is 0 Å². The van der Waals surface area contributed by atoms with Gasteiger partial charge in [-0.25, -0.2) is 0 Å². The summed E-state index contributed by atoms with van der Waals surface area (Å²) in [5.41, 5.74) is 10.9. The fraction of sp³-hybridized carbons (Fsp3) is 0.0769. The minimum atomic E-state index is 0.745. The van der Waals surface area contributed by atoms with Crippen molar-refractivity contribution < 1.29 is 9.15 Å². The molecule has 1 aliphatic heterocycles. The van der Waals surface area contributed by atoms with Gasteiger partial charge in [0.15, 0.2) is 0 Å². The van der Waals surface area contributed by atoms with E-state index in [-0.39, 0.29) is 0 Å². The molecule has 0 spiro atoms. The zero-order valence-corrected chi connectivity index (χ0v) is 30.7. The molecule has 9 rings (SSSR count). The number of ether oxygens (including phenoxy) is 1. The Bertz CT molecular complexity index is 2890. The van der Waals surface area contributed by atoms with E-state index in [2.05, 4.69) is 173 Å². The molecule has 2 heteroatoms. The van der Waals surface area contributed by atoms with Gasteiger partial charge in [0.25, 0.3) is 0 Å². The summed E-state index contributed by atoms with van der Waals surface area (Å²) in [4.78, 5) is 0. The third-order valence-corrected chi connectivity index (χ3v) is 10.8. The SMILES string of the molecule is C=C(/C=C\C(=C)c1c2ccccc2c(/C(C)=C/C=C2/C=CC=CC2)c2ccccc12)/C(C)=C/C=C1\Cc2ccc3cc4oc5ccccc5c4cc3c2O1. The molecule has 0 unspecified atom stereocenters. The van der Waals surface area contributed by atoms with Crippen molar-refractivity contribution in [2.75, 3.05) is 0 Å². The van der Waals surface area contributed by atoms with Gasteiger partial charge in [-0.15, -0.1) is 0 Å². The minimum absolute atomic E-state index is 0.745. The second kappa shape index (κ2) is 13.7. The lowest BCUT2D eigenvalue weighted by Gasteiger charge is -2.18. The molecule has 6 aromatic carbocycles. The molecule has 0 bridgehead atoms. The molecule has 260 valence electrons. The van der Waals surface area contributed by atoms with E-state index in [0.717, 1.165) is 79.3 Å². The fourth-order valence-electron chi connectivity index (χ4n) is 7.88. The van der Waals surface area contributed by atoms with Gasteiger partial charge < -0.3 is 9.15 Å². The highest BCUT2D eigenvalue weighted by molar-refractivity contribution is 6.16. The zero-order chi connectivity index (χ0) is 36.8. The first kappa shape index (κ1) is 33.2. The largest absolute Gasteiger partial charge is 0.460 e. The van der Waals surface area contributed by atoms with Gasteiger partial charge in [-0.05, 0) is 110 Å². The van der Waals surface area contributed by atoms with Gasteiger partial charge in [-0.2, -0.15) is 0 Å². The van der Waals surface area contributed by atoms with E-state index in [1.165, 1.54) is 43.8 Å². The molecule has 7 aromatic rings. The smallest absolute Gasteiger partial charge is 0.138 e. The van der Waals surface area contributed by atoms with Crippen LogP contribution in [0.15, 0.2) is 198 Å². The highest BCUT2D eigenvalue weighted by Gasteiger charge is 2.21. The highest BCUT2D eigenvalue weighted by atomic mass is 16.5. The average Bonchev–Trinajstić information content (AvgIpc) is 3.80. The van der Waals surface area contributed by atoms with Crippen molar-refractivity contribution in [2.24, 2.45) is 0 Å². The van der Waals surface area contributed by atoms with Crippen LogP contribution in [0, 0.1) is 0 Å². The molecular weight excluding hydrogens is 657 g/mol. The molecule has 0 saturated carbocycles. The summed E-state index contributed by atoms with van der Waals surface area (Å²) in [6, 6.07) is 34.2. The maximum atomic E-state index is 6.51. The van der Waals surface area contributed by atoms with E-state index in [9.17, 15) is 0 Å². The van der Waals surface area contributed by atoms with Crippen molar-refractivity contribution >= 4 is 65.4 Å². The molecule has 0 fully saturated rings. The quantitative estimate of drug-likeness (QED) is 0.122. The predicted octanol–water partition coefficient (Wildman–Crippen LogP) is 14.5. The first-order valence-electron chi connectivity index (χ1n) is 18.6. The van der Waals surface area contributed by atoms with Crippen LogP contribution >= 0.6 is 0 Å². The highest BCUT2D eigenvalue weighted by Crippen LogP contribution is 2.42. The minimum Gasteiger partial charge on any atom is -0.460 e. The Balaban J connectivity index is 0.985. The monoisotopic (exact) mass is 696 g/mol. The molecule has 2 heterocycles. The van der Waals surface area contributed by atoms with E-state index < -0.39 is 0 Å². The Morgan fingerprint density at radius 1 is 0.648 bits per heavy atom. The summed E-state index contributed by atoms with van der Waals surface area (Å²) in [6.07, 6.45) is 23.1. The second-order valence-corrected chi connectivity index (χ2v) is 14.3. The fourth-order valence-corrected chi connectivity index (χ4v) is 7.88. The Hall–Kier alpha value is -6.64. The van der Waals surface area contributed by atoms with Gasteiger partial charge >= 0.3 is 0 Å². The number of hydrogen-bond donors (Lipinski definition) is 0. The van der Waals surface area contributed by atoms with Gasteiger partial charge in [0, 0.05) is 28.1 Å². The Morgan fingerprint density at radius 2 is 1.35 bits per heavy atom. The summed E-state index contributed by atoms with van der Waals surface area (Å²) in [6.45, 7) is 13.3. The number of hydrogen-bond acceptors (Lipinski definition) is 2. The number of furan rings is 1. The summed E-state index contributed by atoms with van der Waals surface area (Å²) in [7, 11) is 0. The number of benzene rings is 6. The first-order valence-corrected chi connectivity index (χ1v) is 18.6. The number of para-hydroxylation sites is 1. The second-order valence-electron chi connectivity index (χ2n) is 14.3. The molecule has 0 saturated heterocycles. The molecule has 0 amide bonds. The third kappa shape index (κ3) is 5.96. The van der Waals surface area contributed by atoms with Crippen LogP contribution in [0.5, 0.6) is 5.75 Å².